The smallest absolute Gasteiger partial charge is 0.155 e. The normalized spacial score (nSPS) is 24.3. The largest absolute Gasteiger partial charge is 0.391 e. The van der Waals surface area contributed by atoms with Gasteiger partial charge >= 0.3 is 0 Å². The van der Waals surface area contributed by atoms with Gasteiger partial charge in [-0.15, -0.1) is 0 Å². The van der Waals surface area contributed by atoms with Crippen molar-refractivity contribution in [2.24, 2.45) is 7.05 Å². The van der Waals surface area contributed by atoms with Crippen molar-refractivity contribution in [3.05, 3.63) is 16.4 Å². The molecule has 108 valence electrons. The van der Waals surface area contributed by atoms with Crippen molar-refractivity contribution in [2.45, 2.75) is 44.0 Å². The van der Waals surface area contributed by atoms with Crippen LogP contribution in [0.15, 0.2) is 0 Å². The summed E-state index contributed by atoms with van der Waals surface area (Å²) in [5, 5.41) is 14.2. The lowest BCUT2D eigenvalue weighted by Gasteiger charge is -2.26. The van der Waals surface area contributed by atoms with Gasteiger partial charge in [0.15, 0.2) is 9.84 Å². The summed E-state index contributed by atoms with van der Waals surface area (Å²) in [7, 11) is -1.46. The van der Waals surface area contributed by atoms with E-state index < -0.39 is 21.2 Å². The van der Waals surface area contributed by atoms with Crippen LogP contribution >= 0.6 is 11.6 Å². The van der Waals surface area contributed by atoms with E-state index in [4.69, 9.17) is 11.6 Å². The molecule has 0 aliphatic carbocycles. The number of sulfone groups is 1. The Labute approximate surface area is 118 Å². The minimum Gasteiger partial charge on any atom is -0.391 e. The summed E-state index contributed by atoms with van der Waals surface area (Å²) in [5.41, 5.74) is 1.47. The second-order valence-corrected chi connectivity index (χ2v) is 7.85. The fraction of sp³-hybridized carbons (Fsp3) is 0.750. The maximum atomic E-state index is 12.0. The molecule has 7 heteroatoms. The Morgan fingerprint density at radius 3 is 2.74 bits per heavy atom. The lowest BCUT2D eigenvalue weighted by Crippen LogP contribution is -2.39. The molecule has 1 aromatic rings. The Morgan fingerprint density at radius 1 is 1.53 bits per heavy atom. The first-order valence-electron chi connectivity index (χ1n) is 6.40. The molecule has 19 heavy (non-hydrogen) atoms. The number of hydrogen-bond donors (Lipinski definition) is 1. The van der Waals surface area contributed by atoms with Crippen molar-refractivity contribution in [3.63, 3.8) is 0 Å². The highest BCUT2D eigenvalue weighted by molar-refractivity contribution is 7.92. The van der Waals surface area contributed by atoms with Gasteiger partial charge in [0.25, 0.3) is 0 Å². The molecular formula is C12H19ClN2O3S. The van der Waals surface area contributed by atoms with E-state index in [0.29, 0.717) is 18.0 Å². The quantitative estimate of drug-likeness (QED) is 0.912. The third-order valence-electron chi connectivity index (χ3n) is 3.74. The van der Waals surface area contributed by atoms with Crippen molar-refractivity contribution in [2.75, 3.05) is 5.75 Å². The first-order chi connectivity index (χ1) is 8.83. The van der Waals surface area contributed by atoms with Gasteiger partial charge in [0.05, 0.1) is 22.8 Å². The van der Waals surface area contributed by atoms with Crippen molar-refractivity contribution in [3.8, 4) is 0 Å². The number of aliphatic hydroxyl groups is 1. The van der Waals surface area contributed by atoms with Gasteiger partial charge in [-0.2, -0.15) is 5.10 Å². The van der Waals surface area contributed by atoms with Crippen LogP contribution in [-0.4, -0.2) is 40.4 Å². The van der Waals surface area contributed by atoms with Crippen LogP contribution < -0.4 is 0 Å². The van der Waals surface area contributed by atoms with E-state index in [1.807, 2.05) is 6.92 Å². The van der Waals surface area contributed by atoms with E-state index >= 15 is 0 Å². The fourth-order valence-corrected chi connectivity index (χ4v) is 4.92. The standard InChI is InChI=1S/C12H19ClN2O3S/c1-8-9(12(13)15(2)14-8)7-10(16)11-5-3-4-6-19(11,17)18/h10-11,16H,3-7H2,1-2H3. The van der Waals surface area contributed by atoms with Crippen LogP contribution in [-0.2, 0) is 23.3 Å². The summed E-state index contributed by atoms with van der Waals surface area (Å²) in [6, 6.07) is 0. The zero-order valence-electron chi connectivity index (χ0n) is 11.1. The molecule has 1 aliphatic heterocycles. The molecule has 0 saturated carbocycles. The van der Waals surface area contributed by atoms with E-state index in [0.717, 1.165) is 17.7 Å². The maximum Gasteiger partial charge on any atom is 0.155 e. The number of halogens is 1. The molecule has 0 aromatic carbocycles. The highest BCUT2D eigenvalue weighted by atomic mass is 35.5. The number of aromatic nitrogens is 2. The molecule has 2 unspecified atom stereocenters. The predicted molar refractivity (Wildman–Crippen MR) is 74.1 cm³/mol. The highest BCUT2D eigenvalue weighted by Gasteiger charge is 2.35. The van der Waals surface area contributed by atoms with Gasteiger partial charge in [-0.05, 0) is 19.8 Å². The fourth-order valence-electron chi connectivity index (χ4n) is 2.66. The molecule has 0 radical (unpaired) electrons. The molecule has 2 rings (SSSR count). The van der Waals surface area contributed by atoms with E-state index in [1.165, 1.54) is 4.68 Å². The summed E-state index contributed by atoms with van der Waals surface area (Å²) in [4.78, 5) is 0. The molecule has 0 spiro atoms. The number of aliphatic hydroxyl groups excluding tert-OH is 1. The van der Waals surface area contributed by atoms with Crippen LogP contribution in [0.2, 0.25) is 5.15 Å². The zero-order valence-corrected chi connectivity index (χ0v) is 12.7. The molecule has 2 heterocycles. The van der Waals surface area contributed by atoms with Gasteiger partial charge in [0.2, 0.25) is 0 Å². The SMILES string of the molecule is Cc1nn(C)c(Cl)c1CC(O)C1CCCCS1(=O)=O. The molecule has 0 amide bonds. The molecule has 2 atom stereocenters. The molecule has 5 nitrogen and oxygen atoms in total. The van der Waals surface area contributed by atoms with Crippen LogP contribution in [0.25, 0.3) is 0 Å². The summed E-state index contributed by atoms with van der Waals surface area (Å²) >= 11 is 6.11. The van der Waals surface area contributed by atoms with Gasteiger partial charge in [0.1, 0.15) is 5.15 Å². The Balaban J connectivity index is 2.19. The topological polar surface area (TPSA) is 72.2 Å². The molecule has 1 fully saturated rings. The van der Waals surface area contributed by atoms with Gasteiger partial charge in [-0.3, -0.25) is 4.68 Å². The predicted octanol–water partition coefficient (Wildman–Crippen LogP) is 1.25. The van der Waals surface area contributed by atoms with Gasteiger partial charge < -0.3 is 5.11 Å². The number of nitrogens with zero attached hydrogens (tertiary/aromatic N) is 2. The van der Waals surface area contributed by atoms with E-state index in [1.54, 1.807) is 7.05 Å². The van der Waals surface area contributed by atoms with Crippen LogP contribution in [0.4, 0.5) is 0 Å². The molecule has 1 saturated heterocycles. The summed E-state index contributed by atoms with van der Waals surface area (Å²) in [6.45, 7) is 1.81. The summed E-state index contributed by atoms with van der Waals surface area (Å²) in [5.74, 6) is 0.175. The van der Waals surface area contributed by atoms with Crippen LogP contribution in [0.3, 0.4) is 0 Å². The minimum absolute atomic E-state index is 0.175. The lowest BCUT2D eigenvalue weighted by molar-refractivity contribution is 0.162. The Kier molecular flexibility index (Phi) is 4.23. The van der Waals surface area contributed by atoms with E-state index in [-0.39, 0.29) is 12.2 Å². The van der Waals surface area contributed by atoms with E-state index in [9.17, 15) is 13.5 Å². The number of aryl methyl sites for hydroxylation is 2. The average Bonchev–Trinajstić information content (AvgIpc) is 2.55. The monoisotopic (exact) mass is 306 g/mol. The first-order valence-corrected chi connectivity index (χ1v) is 8.50. The summed E-state index contributed by atoms with van der Waals surface area (Å²) in [6.07, 6.45) is 1.40. The van der Waals surface area contributed by atoms with Gasteiger partial charge in [-0.25, -0.2) is 8.42 Å². The Morgan fingerprint density at radius 2 is 2.21 bits per heavy atom. The van der Waals surface area contributed by atoms with Crippen LogP contribution in [0.1, 0.15) is 30.5 Å². The van der Waals surface area contributed by atoms with Crippen molar-refractivity contribution in [1.82, 2.24) is 9.78 Å². The molecule has 1 aromatic heterocycles. The van der Waals surface area contributed by atoms with E-state index in [2.05, 4.69) is 5.10 Å². The molecular weight excluding hydrogens is 288 g/mol. The van der Waals surface area contributed by atoms with Crippen molar-refractivity contribution in [1.29, 1.82) is 0 Å². The molecule has 0 bridgehead atoms. The van der Waals surface area contributed by atoms with Crippen LogP contribution in [0, 0.1) is 6.92 Å². The zero-order chi connectivity index (χ0) is 14.2. The van der Waals surface area contributed by atoms with Crippen LogP contribution in [0.5, 0.6) is 0 Å². The van der Waals surface area contributed by atoms with Crippen molar-refractivity contribution < 1.29 is 13.5 Å². The summed E-state index contributed by atoms with van der Waals surface area (Å²) < 4.78 is 25.5. The Bertz CT molecular complexity index is 568. The highest BCUT2D eigenvalue weighted by Crippen LogP contribution is 2.27. The van der Waals surface area contributed by atoms with Crippen molar-refractivity contribution >= 4 is 21.4 Å². The van der Waals surface area contributed by atoms with Gasteiger partial charge in [0, 0.05) is 19.0 Å². The third-order valence-corrected chi connectivity index (χ3v) is 6.54. The Hall–Kier alpha value is -0.590. The molecule has 1 N–H and O–H groups in total. The third kappa shape index (κ3) is 2.95. The number of hydrogen-bond acceptors (Lipinski definition) is 4. The second-order valence-electron chi connectivity index (χ2n) is 5.15. The lowest BCUT2D eigenvalue weighted by atomic mass is 10.0. The first kappa shape index (κ1) is 14.8. The average molecular weight is 307 g/mol. The molecule has 1 aliphatic rings. The number of rotatable bonds is 3. The minimum atomic E-state index is -3.18. The van der Waals surface area contributed by atoms with Gasteiger partial charge in [-0.1, -0.05) is 18.0 Å². The second kappa shape index (κ2) is 5.42. The maximum absolute atomic E-state index is 12.0.